The number of rotatable bonds is 1. The van der Waals surface area contributed by atoms with Crippen molar-refractivity contribution in [1.29, 1.82) is 0 Å². The molecule has 1 rings (SSSR count). The topological polar surface area (TPSA) is 22.1 Å². The van der Waals surface area contributed by atoms with E-state index in [1.54, 1.807) is 0 Å². The maximum atomic E-state index is 12.8. The molecule has 1 aromatic rings. The van der Waals surface area contributed by atoms with Gasteiger partial charge in [-0.2, -0.15) is 0 Å². The van der Waals surface area contributed by atoms with Crippen LogP contribution < -0.4 is 4.74 Å². The van der Waals surface area contributed by atoms with Crippen LogP contribution in [-0.4, -0.2) is 12.1 Å². The van der Waals surface area contributed by atoms with E-state index in [2.05, 4.69) is 4.98 Å². The molecule has 5 heteroatoms. The van der Waals surface area contributed by atoms with E-state index in [0.717, 1.165) is 0 Å². The van der Waals surface area contributed by atoms with Gasteiger partial charge in [0.2, 0.25) is 0 Å². The highest BCUT2D eigenvalue weighted by atomic mass is 127. The van der Waals surface area contributed by atoms with Crippen molar-refractivity contribution in [3.8, 4) is 5.75 Å². The molecule has 2 nitrogen and oxygen atoms in total. The lowest BCUT2D eigenvalue weighted by Crippen LogP contribution is -1.95. The van der Waals surface area contributed by atoms with Gasteiger partial charge in [0.05, 0.1) is 7.11 Å². The Morgan fingerprint density at radius 3 is 2.64 bits per heavy atom. The molecule has 0 fully saturated rings. The molecule has 0 bridgehead atoms. The summed E-state index contributed by atoms with van der Waals surface area (Å²) in [6.07, 6.45) is 0. The first-order chi connectivity index (χ1) is 5.15. The Morgan fingerprint density at radius 1 is 1.45 bits per heavy atom. The summed E-state index contributed by atoms with van der Waals surface area (Å²) < 4.78 is 18.7. The average Bonchev–Trinajstić information content (AvgIpc) is 1.97. The molecule has 0 saturated heterocycles. The van der Waals surface area contributed by atoms with Crippen LogP contribution in [0.2, 0.25) is 0 Å². The number of methoxy groups -OCH3 is 1. The summed E-state index contributed by atoms with van der Waals surface area (Å²) in [5, 5.41) is 0. The fourth-order valence-corrected chi connectivity index (χ4v) is 2.05. The second-order valence-electron chi connectivity index (χ2n) is 1.75. The lowest BCUT2D eigenvalue weighted by molar-refractivity contribution is 0.404. The molecule has 11 heavy (non-hydrogen) atoms. The summed E-state index contributed by atoms with van der Waals surface area (Å²) in [5.74, 6) is 0.131. The third-order valence-corrected chi connectivity index (χ3v) is 2.60. The van der Waals surface area contributed by atoms with E-state index in [-0.39, 0.29) is 5.82 Å². The van der Waals surface area contributed by atoms with E-state index in [1.165, 1.54) is 13.2 Å². The molecule has 60 valence electrons. The molecule has 0 aromatic carbocycles. The highest BCUT2D eigenvalue weighted by molar-refractivity contribution is 14.1. The van der Waals surface area contributed by atoms with Crippen LogP contribution in [0, 0.1) is 13.2 Å². The summed E-state index contributed by atoms with van der Waals surface area (Å²) in [7, 11) is 1.49. The maximum Gasteiger partial charge on any atom is 0.158 e. The Bertz CT molecular complexity index is 280. The summed E-state index contributed by atoms with van der Waals surface area (Å²) in [6.45, 7) is 0. The number of hydrogen-bond donors (Lipinski definition) is 0. The number of halogens is 3. The zero-order chi connectivity index (χ0) is 8.43. The molecule has 0 unspecified atom stereocenters. The highest BCUT2D eigenvalue weighted by Gasteiger charge is 2.06. The van der Waals surface area contributed by atoms with Crippen molar-refractivity contribution >= 4 is 45.2 Å². The van der Waals surface area contributed by atoms with Crippen LogP contribution in [0.3, 0.4) is 0 Å². The molecule has 0 spiro atoms. The van der Waals surface area contributed by atoms with Gasteiger partial charge in [0, 0.05) is 6.07 Å². The van der Waals surface area contributed by atoms with Gasteiger partial charge in [0.1, 0.15) is 7.40 Å². The Balaban J connectivity index is 3.21. The molecule has 0 saturated carbocycles. The van der Waals surface area contributed by atoms with Crippen molar-refractivity contribution in [2.45, 2.75) is 0 Å². The van der Waals surface area contributed by atoms with Crippen molar-refractivity contribution in [1.82, 2.24) is 4.98 Å². The summed E-state index contributed by atoms with van der Waals surface area (Å²) in [4.78, 5) is 3.92. The molecule has 0 N–H and O–H groups in total. The van der Waals surface area contributed by atoms with Crippen LogP contribution >= 0.6 is 45.2 Å². The minimum atomic E-state index is -0.345. The smallest absolute Gasteiger partial charge is 0.158 e. The molecule has 0 radical (unpaired) electrons. The molecule has 0 amide bonds. The lowest BCUT2D eigenvalue weighted by atomic mass is 10.4. The molecule has 0 aliphatic heterocycles. The maximum absolute atomic E-state index is 12.8. The predicted molar refractivity (Wildman–Crippen MR) is 56.2 cm³/mol. The first-order valence-electron chi connectivity index (χ1n) is 2.70. The second-order valence-corrected chi connectivity index (χ2v) is 3.80. The normalized spacial score (nSPS) is 9.82. The Labute approximate surface area is 90.8 Å². The molecule has 1 heterocycles. The van der Waals surface area contributed by atoms with Crippen molar-refractivity contribution in [2.24, 2.45) is 0 Å². The fraction of sp³-hybridized carbons (Fsp3) is 0.167. The number of pyridine rings is 1. The largest absolute Gasteiger partial charge is 0.494 e. The summed E-state index contributed by atoms with van der Waals surface area (Å²) >= 11 is 3.83. The van der Waals surface area contributed by atoms with E-state index < -0.39 is 0 Å². The van der Waals surface area contributed by atoms with Crippen LogP contribution in [-0.2, 0) is 0 Å². The SMILES string of the molecule is COc1cc(F)c(I)nc1I. The molecule has 0 aliphatic carbocycles. The Kier molecular flexibility index (Phi) is 3.29. The van der Waals surface area contributed by atoms with Crippen molar-refractivity contribution in [3.05, 3.63) is 19.3 Å². The van der Waals surface area contributed by atoms with Gasteiger partial charge in [-0.15, -0.1) is 0 Å². The summed E-state index contributed by atoms with van der Waals surface area (Å²) in [6, 6.07) is 1.33. The van der Waals surface area contributed by atoms with Gasteiger partial charge in [0.15, 0.2) is 11.6 Å². The number of nitrogens with zero attached hydrogens (tertiary/aromatic N) is 1. The van der Waals surface area contributed by atoms with E-state index in [1.807, 2.05) is 45.2 Å². The number of aromatic nitrogens is 1. The van der Waals surface area contributed by atoms with Crippen molar-refractivity contribution < 1.29 is 9.13 Å². The van der Waals surface area contributed by atoms with E-state index in [0.29, 0.717) is 13.2 Å². The number of ether oxygens (including phenoxy) is 1. The van der Waals surface area contributed by atoms with Crippen molar-refractivity contribution in [3.63, 3.8) is 0 Å². The molecule has 0 aliphatic rings. The lowest BCUT2D eigenvalue weighted by Gasteiger charge is -2.02. The minimum Gasteiger partial charge on any atom is -0.494 e. The van der Waals surface area contributed by atoms with Gasteiger partial charge in [0.25, 0.3) is 0 Å². The quantitative estimate of drug-likeness (QED) is 0.553. The monoisotopic (exact) mass is 379 g/mol. The van der Waals surface area contributed by atoms with Crippen LogP contribution in [0.15, 0.2) is 6.07 Å². The minimum absolute atomic E-state index is 0.345. The summed E-state index contributed by atoms with van der Waals surface area (Å²) in [5.41, 5.74) is 0. The highest BCUT2D eigenvalue weighted by Crippen LogP contribution is 2.21. The van der Waals surface area contributed by atoms with Gasteiger partial charge in [-0.3, -0.25) is 0 Å². The third kappa shape index (κ3) is 2.14. The molecular formula is C6H4FI2NO. The van der Waals surface area contributed by atoms with Gasteiger partial charge in [-0.05, 0) is 45.2 Å². The van der Waals surface area contributed by atoms with Crippen molar-refractivity contribution in [2.75, 3.05) is 7.11 Å². The molecule has 0 atom stereocenters. The van der Waals surface area contributed by atoms with Crippen LogP contribution in [0.1, 0.15) is 0 Å². The third-order valence-electron chi connectivity index (χ3n) is 1.07. The van der Waals surface area contributed by atoms with Gasteiger partial charge in [-0.25, -0.2) is 9.37 Å². The van der Waals surface area contributed by atoms with Crippen LogP contribution in [0.25, 0.3) is 0 Å². The van der Waals surface area contributed by atoms with Gasteiger partial charge < -0.3 is 4.74 Å². The van der Waals surface area contributed by atoms with Crippen LogP contribution in [0.5, 0.6) is 5.75 Å². The van der Waals surface area contributed by atoms with E-state index in [4.69, 9.17) is 4.74 Å². The zero-order valence-corrected chi connectivity index (χ0v) is 9.88. The zero-order valence-electron chi connectivity index (χ0n) is 5.57. The average molecular weight is 379 g/mol. The first kappa shape index (κ1) is 9.43. The Morgan fingerprint density at radius 2 is 2.09 bits per heavy atom. The first-order valence-corrected chi connectivity index (χ1v) is 4.86. The van der Waals surface area contributed by atoms with Crippen LogP contribution in [0.4, 0.5) is 4.39 Å². The standard InChI is InChI=1S/C6H4FI2NO/c1-11-4-2-3(7)5(8)10-6(4)9/h2H,1H3. The van der Waals surface area contributed by atoms with E-state index in [9.17, 15) is 4.39 Å². The fourth-order valence-electron chi connectivity index (χ4n) is 0.572. The Hall–Kier alpha value is 0.340. The number of hydrogen-bond acceptors (Lipinski definition) is 2. The second kappa shape index (κ2) is 3.83. The van der Waals surface area contributed by atoms with Gasteiger partial charge >= 0.3 is 0 Å². The molecule has 1 aromatic heterocycles. The van der Waals surface area contributed by atoms with Gasteiger partial charge in [-0.1, -0.05) is 0 Å². The van der Waals surface area contributed by atoms with E-state index >= 15 is 0 Å². The predicted octanol–water partition coefficient (Wildman–Crippen LogP) is 2.44. The molecular weight excluding hydrogens is 375 g/mol.